The summed E-state index contributed by atoms with van der Waals surface area (Å²) in [6, 6.07) is 0. The average Bonchev–Trinajstić information content (AvgIpc) is 2.63. The average molecular weight is 367 g/mol. The first-order valence-corrected chi connectivity index (χ1v) is 12.4. The molecular weight excluding hydrogens is 312 g/mol. The third-order valence-electron chi connectivity index (χ3n) is 7.40. The lowest BCUT2D eigenvalue weighted by atomic mass is 9.61. The molecule has 0 aliphatic carbocycles. The Morgan fingerprint density at radius 3 is 1.50 bits per heavy atom. The van der Waals surface area contributed by atoms with Gasteiger partial charge in [0.2, 0.25) is 0 Å². The molecule has 0 aliphatic rings. The summed E-state index contributed by atoms with van der Waals surface area (Å²) in [6.45, 7) is 22.1. The number of hydrogen-bond acceptors (Lipinski definition) is 0. The summed E-state index contributed by atoms with van der Waals surface area (Å²) >= 11 is 0. The van der Waals surface area contributed by atoms with E-state index in [4.69, 9.17) is 0 Å². The molecule has 0 aromatic heterocycles. The van der Waals surface area contributed by atoms with Gasteiger partial charge in [-0.25, -0.2) is 0 Å². The maximum Gasteiger partial charge on any atom is -0.0332 e. The van der Waals surface area contributed by atoms with Crippen LogP contribution in [0.3, 0.4) is 0 Å². The van der Waals surface area contributed by atoms with Crippen molar-refractivity contribution in [3.63, 3.8) is 0 Å². The van der Waals surface area contributed by atoms with Gasteiger partial charge < -0.3 is 0 Å². The monoisotopic (exact) mass is 366 g/mol. The largest absolute Gasteiger partial charge is 0.0654 e. The van der Waals surface area contributed by atoms with Crippen molar-refractivity contribution < 1.29 is 0 Å². The van der Waals surface area contributed by atoms with Crippen LogP contribution in [0.25, 0.3) is 0 Å². The molecule has 0 amide bonds. The molecule has 26 heavy (non-hydrogen) atoms. The molecule has 6 atom stereocenters. The molecule has 6 unspecified atom stereocenters. The Hall–Kier alpha value is 0. The van der Waals surface area contributed by atoms with Gasteiger partial charge >= 0.3 is 0 Å². The predicted octanol–water partition coefficient (Wildman–Crippen LogP) is 9.38. The highest BCUT2D eigenvalue weighted by molar-refractivity contribution is 4.87. The van der Waals surface area contributed by atoms with Crippen molar-refractivity contribution in [1.82, 2.24) is 0 Å². The minimum Gasteiger partial charge on any atom is -0.0654 e. The number of hydrogen-bond donors (Lipinski definition) is 0. The van der Waals surface area contributed by atoms with Gasteiger partial charge in [-0.15, -0.1) is 0 Å². The molecule has 0 radical (unpaired) electrons. The highest BCUT2D eigenvalue weighted by Crippen LogP contribution is 2.45. The summed E-state index contributed by atoms with van der Waals surface area (Å²) in [4.78, 5) is 0. The van der Waals surface area contributed by atoms with E-state index >= 15 is 0 Å². The lowest BCUT2D eigenvalue weighted by Crippen LogP contribution is -2.37. The molecule has 0 bridgehead atoms. The summed E-state index contributed by atoms with van der Waals surface area (Å²) in [6.07, 6.45) is 13.9. The Morgan fingerprint density at radius 1 is 0.538 bits per heavy atom. The zero-order valence-corrected chi connectivity index (χ0v) is 20.1. The van der Waals surface area contributed by atoms with Crippen LogP contribution >= 0.6 is 0 Å². The Morgan fingerprint density at radius 2 is 1.12 bits per heavy atom. The van der Waals surface area contributed by atoms with E-state index in [2.05, 4.69) is 62.3 Å². The van der Waals surface area contributed by atoms with Crippen molar-refractivity contribution in [1.29, 1.82) is 0 Å². The van der Waals surface area contributed by atoms with E-state index in [-0.39, 0.29) is 0 Å². The molecule has 0 aromatic carbocycles. The molecule has 0 heteroatoms. The summed E-state index contributed by atoms with van der Waals surface area (Å²) in [5.74, 6) is 6.32. The lowest BCUT2D eigenvalue weighted by molar-refractivity contribution is 0.0459. The Balaban J connectivity index is 5.65. The molecule has 0 aliphatic heterocycles. The third-order valence-corrected chi connectivity index (χ3v) is 7.40. The molecule has 0 saturated heterocycles. The van der Waals surface area contributed by atoms with Gasteiger partial charge in [0, 0.05) is 0 Å². The zero-order valence-electron chi connectivity index (χ0n) is 20.1. The number of rotatable bonds is 16. The van der Waals surface area contributed by atoms with E-state index in [0.29, 0.717) is 0 Å². The van der Waals surface area contributed by atoms with Crippen LogP contribution in [0.1, 0.15) is 127 Å². The van der Waals surface area contributed by atoms with Crippen molar-refractivity contribution in [2.24, 2.45) is 41.4 Å². The molecule has 0 saturated carbocycles. The van der Waals surface area contributed by atoms with Gasteiger partial charge in [-0.1, -0.05) is 127 Å². The molecular formula is C26H54. The van der Waals surface area contributed by atoms with E-state index in [1.807, 2.05) is 0 Å². The fourth-order valence-electron chi connectivity index (χ4n) is 6.21. The van der Waals surface area contributed by atoms with Crippen LogP contribution in [0.15, 0.2) is 0 Å². The maximum absolute atomic E-state index is 2.57. The van der Waals surface area contributed by atoms with Gasteiger partial charge in [-0.05, 0) is 41.4 Å². The topological polar surface area (TPSA) is 0 Å². The van der Waals surface area contributed by atoms with Gasteiger partial charge in [0.1, 0.15) is 0 Å². The lowest BCUT2D eigenvalue weighted by Gasteiger charge is -2.44. The Kier molecular flexibility index (Phi) is 15.0. The van der Waals surface area contributed by atoms with Gasteiger partial charge in [0.15, 0.2) is 0 Å². The van der Waals surface area contributed by atoms with Crippen molar-refractivity contribution in [3.8, 4) is 0 Å². The summed E-state index contributed by atoms with van der Waals surface area (Å²) in [7, 11) is 0. The molecule has 0 rings (SSSR count). The fraction of sp³-hybridized carbons (Fsp3) is 1.00. The summed E-state index contributed by atoms with van der Waals surface area (Å²) in [5, 5.41) is 0. The van der Waals surface area contributed by atoms with E-state index < -0.39 is 0 Å². The van der Waals surface area contributed by atoms with Crippen molar-refractivity contribution in [3.05, 3.63) is 0 Å². The van der Waals surface area contributed by atoms with Gasteiger partial charge in [-0.3, -0.25) is 0 Å². The van der Waals surface area contributed by atoms with E-state index in [0.717, 1.165) is 41.4 Å². The first-order chi connectivity index (χ1) is 12.4. The van der Waals surface area contributed by atoms with Crippen molar-refractivity contribution >= 4 is 0 Å². The van der Waals surface area contributed by atoms with Gasteiger partial charge in [0.05, 0.1) is 0 Å². The molecule has 0 nitrogen and oxygen atoms in total. The standard InChI is InChI=1S/C26H54/c1-10-16-19-21(9)25(18-12-3)23(14-5)24(15-6)26(20(7)8)22(13-4)17-11-2/h20-26H,10-19H2,1-9H3. The summed E-state index contributed by atoms with van der Waals surface area (Å²) < 4.78 is 0. The Labute approximate surface area is 168 Å². The molecule has 0 fully saturated rings. The first kappa shape index (κ1) is 26.0. The fourth-order valence-corrected chi connectivity index (χ4v) is 6.21. The smallest absolute Gasteiger partial charge is 0.0332 e. The summed E-state index contributed by atoms with van der Waals surface area (Å²) in [5.41, 5.74) is 0. The van der Waals surface area contributed by atoms with Crippen molar-refractivity contribution in [2.45, 2.75) is 127 Å². The molecule has 158 valence electrons. The van der Waals surface area contributed by atoms with Crippen LogP contribution in [-0.2, 0) is 0 Å². The molecule has 0 aromatic rings. The predicted molar refractivity (Wildman–Crippen MR) is 122 cm³/mol. The van der Waals surface area contributed by atoms with Crippen LogP contribution in [0, 0.1) is 41.4 Å². The molecule has 0 spiro atoms. The SMILES string of the molecule is CCCCC(C)C(CCC)C(CC)C(CC)C(C(C)C)C(CC)CCC. The highest BCUT2D eigenvalue weighted by Gasteiger charge is 2.38. The van der Waals surface area contributed by atoms with Crippen LogP contribution in [0.2, 0.25) is 0 Å². The molecule has 0 N–H and O–H groups in total. The number of unbranched alkanes of at least 4 members (excludes halogenated alkanes) is 1. The van der Waals surface area contributed by atoms with Crippen LogP contribution in [0.4, 0.5) is 0 Å². The van der Waals surface area contributed by atoms with E-state index in [1.165, 1.54) is 64.2 Å². The van der Waals surface area contributed by atoms with E-state index in [1.54, 1.807) is 0 Å². The van der Waals surface area contributed by atoms with Crippen LogP contribution in [-0.4, -0.2) is 0 Å². The second kappa shape index (κ2) is 15.0. The van der Waals surface area contributed by atoms with Crippen LogP contribution < -0.4 is 0 Å². The highest BCUT2D eigenvalue weighted by atomic mass is 14.4. The Bertz CT molecular complexity index is 305. The first-order valence-electron chi connectivity index (χ1n) is 12.4. The van der Waals surface area contributed by atoms with Crippen molar-refractivity contribution in [2.75, 3.05) is 0 Å². The minimum atomic E-state index is 0.818. The van der Waals surface area contributed by atoms with E-state index in [9.17, 15) is 0 Å². The minimum absolute atomic E-state index is 0.818. The quantitative estimate of drug-likeness (QED) is 0.255. The van der Waals surface area contributed by atoms with Gasteiger partial charge in [0.25, 0.3) is 0 Å². The third kappa shape index (κ3) is 7.93. The van der Waals surface area contributed by atoms with Crippen LogP contribution in [0.5, 0.6) is 0 Å². The second-order valence-electron chi connectivity index (χ2n) is 9.49. The normalized spacial score (nSPS) is 19.2. The van der Waals surface area contributed by atoms with Gasteiger partial charge in [-0.2, -0.15) is 0 Å². The zero-order chi connectivity index (χ0) is 20.1. The second-order valence-corrected chi connectivity index (χ2v) is 9.49. The maximum atomic E-state index is 2.57. The molecule has 0 heterocycles.